The number of nitrogen functional groups attached to an aromatic ring is 1. The van der Waals surface area contributed by atoms with Crippen LogP contribution in [-0.4, -0.2) is 33.7 Å². The molecule has 3 aliphatic carbocycles. The summed E-state index contributed by atoms with van der Waals surface area (Å²) in [5.74, 6) is 4.49. The standard InChI is InChI=1S/C25H31N5O2/c1-25(2)13-15(16-9-18(25)10-16)7-8-30-21(29-22-23(26)27-14-28-24(22)30)12-17-11-19(31-3)5-6-20(17)32-4/h5-6,11,13-14,16,18H,7-10,12H2,1-4H3,(H2,26,27,28). The van der Waals surface area contributed by atoms with Crippen LogP contribution in [-0.2, 0) is 13.0 Å². The summed E-state index contributed by atoms with van der Waals surface area (Å²) >= 11 is 0. The number of aryl methyl sites for hydroxylation is 1. The molecule has 0 unspecified atom stereocenters. The van der Waals surface area contributed by atoms with Crippen LogP contribution in [0.2, 0.25) is 0 Å². The van der Waals surface area contributed by atoms with Gasteiger partial charge in [-0.15, -0.1) is 0 Å². The summed E-state index contributed by atoms with van der Waals surface area (Å²) < 4.78 is 13.2. The van der Waals surface area contributed by atoms with Gasteiger partial charge in [-0.1, -0.05) is 25.5 Å². The summed E-state index contributed by atoms with van der Waals surface area (Å²) in [5, 5.41) is 0. The van der Waals surface area contributed by atoms with Crippen LogP contribution in [0, 0.1) is 17.3 Å². The molecule has 168 valence electrons. The second-order valence-corrected chi connectivity index (χ2v) is 9.62. The molecule has 0 aliphatic heterocycles. The van der Waals surface area contributed by atoms with E-state index in [2.05, 4.69) is 34.5 Å². The van der Waals surface area contributed by atoms with Gasteiger partial charge in [0.05, 0.1) is 14.2 Å². The first kappa shape index (κ1) is 20.8. The lowest BCUT2D eigenvalue weighted by molar-refractivity contribution is 0.0892. The van der Waals surface area contributed by atoms with E-state index in [1.54, 1.807) is 19.8 Å². The fraction of sp³-hybridized carbons (Fsp3) is 0.480. The Balaban J connectivity index is 1.51. The maximum atomic E-state index is 6.15. The molecule has 3 aliphatic rings. The first-order valence-electron chi connectivity index (χ1n) is 11.3. The first-order valence-corrected chi connectivity index (χ1v) is 11.3. The Bertz CT molecular complexity index is 1190. The summed E-state index contributed by atoms with van der Waals surface area (Å²) in [5.41, 5.74) is 10.5. The highest BCUT2D eigenvalue weighted by Crippen LogP contribution is 2.55. The molecular weight excluding hydrogens is 402 g/mol. The summed E-state index contributed by atoms with van der Waals surface area (Å²) in [4.78, 5) is 13.5. The third-order valence-corrected chi connectivity index (χ3v) is 7.37. The number of nitrogens with zero attached hydrogens (tertiary/aromatic N) is 4. The predicted octanol–water partition coefficient (Wildman–Crippen LogP) is 4.40. The van der Waals surface area contributed by atoms with Crippen LogP contribution in [0.5, 0.6) is 11.5 Å². The van der Waals surface area contributed by atoms with Crippen molar-refractivity contribution in [2.45, 2.75) is 46.1 Å². The fourth-order valence-corrected chi connectivity index (χ4v) is 5.32. The molecule has 2 aromatic heterocycles. The highest BCUT2D eigenvalue weighted by molar-refractivity contribution is 5.81. The van der Waals surface area contributed by atoms with Gasteiger partial charge in [0.1, 0.15) is 23.7 Å². The van der Waals surface area contributed by atoms with E-state index in [4.69, 9.17) is 20.2 Å². The number of nitrogens with two attached hydrogens (primary N) is 1. The van der Waals surface area contributed by atoms with Gasteiger partial charge in [-0.2, -0.15) is 0 Å². The number of anilines is 1. The highest BCUT2D eigenvalue weighted by Gasteiger charge is 2.44. The zero-order valence-corrected chi connectivity index (χ0v) is 19.3. The van der Waals surface area contributed by atoms with E-state index in [9.17, 15) is 0 Å². The van der Waals surface area contributed by atoms with Gasteiger partial charge in [-0.3, -0.25) is 0 Å². The SMILES string of the molecule is COc1ccc(OC)c(Cc2nc3c(N)ncnc3n2CCC2=CC(C)(C)C3CC2C3)c1. The predicted molar refractivity (Wildman–Crippen MR) is 125 cm³/mol. The topological polar surface area (TPSA) is 88.1 Å². The molecule has 6 rings (SSSR count). The van der Waals surface area contributed by atoms with Crippen molar-refractivity contribution in [2.75, 3.05) is 20.0 Å². The van der Waals surface area contributed by atoms with Crippen molar-refractivity contribution < 1.29 is 9.47 Å². The lowest BCUT2D eigenvalue weighted by Gasteiger charge is -2.51. The Morgan fingerprint density at radius 1 is 1.16 bits per heavy atom. The fourth-order valence-electron chi connectivity index (χ4n) is 5.32. The third kappa shape index (κ3) is 3.49. The van der Waals surface area contributed by atoms with Crippen LogP contribution in [0.25, 0.3) is 11.2 Å². The number of benzene rings is 1. The largest absolute Gasteiger partial charge is 0.497 e. The minimum atomic E-state index is 0.296. The van der Waals surface area contributed by atoms with E-state index in [0.29, 0.717) is 23.2 Å². The van der Waals surface area contributed by atoms with Crippen LogP contribution in [0.15, 0.2) is 36.2 Å². The van der Waals surface area contributed by atoms with Crippen LogP contribution < -0.4 is 15.2 Å². The van der Waals surface area contributed by atoms with Crippen LogP contribution in [0.3, 0.4) is 0 Å². The Morgan fingerprint density at radius 3 is 2.69 bits per heavy atom. The van der Waals surface area contributed by atoms with Crippen molar-refractivity contribution in [3.05, 3.63) is 47.6 Å². The van der Waals surface area contributed by atoms with Crippen LogP contribution in [0.1, 0.15) is 44.5 Å². The van der Waals surface area contributed by atoms with E-state index in [1.807, 2.05) is 18.2 Å². The smallest absolute Gasteiger partial charge is 0.165 e. The van der Waals surface area contributed by atoms with E-state index in [-0.39, 0.29) is 0 Å². The molecule has 0 spiro atoms. The third-order valence-electron chi connectivity index (χ3n) is 7.37. The maximum absolute atomic E-state index is 6.15. The molecular formula is C25H31N5O2. The van der Waals surface area contributed by atoms with Gasteiger partial charge in [0, 0.05) is 18.5 Å². The van der Waals surface area contributed by atoms with Gasteiger partial charge >= 0.3 is 0 Å². The van der Waals surface area contributed by atoms with Gasteiger partial charge in [0.2, 0.25) is 0 Å². The van der Waals surface area contributed by atoms with Gasteiger partial charge in [-0.25, -0.2) is 15.0 Å². The van der Waals surface area contributed by atoms with E-state index in [1.165, 1.54) is 19.2 Å². The second-order valence-electron chi connectivity index (χ2n) is 9.62. The average Bonchev–Trinajstić information content (AvgIpc) is 3.08. The van der Waals surface area contributed by atoms with Gasteiger partial charge in [-0.05, 0) is 54.7 Å². The Labute approximate surface area is 188 Å². The summed E-state index contributed by atoms with van der Waals surface area (Å²) in [6, 6.07) is 5.83. The van der Waals surface area contributed by atoms with Crippen molar-refractivity contribution in [3.63, 3.8) is 0 Å². The molecule has 1 fully saturated rings. The van der Waals surface area contributed by atoms with Crippen LogP contribution >= 0.6 is 0 Å². The lowest BCUT2D eigenvalue weighted by atomic mass is 9.54. The summed E-state index contributed by atoms with van der Waals surface area (Å²) in [7, 11) is 3.35. The second kappa shape index (κ2) is 7.80. The Hall–Kier alpha value is -3.09. The number of ether oxygens (including phenoxy) is 2. The molecule has 2 heterocycles. The van der Waals surface area contributed by atoms with Crippen molar-refractivity contribution in [1.29, 1.82) is 0 Å². The first-order chi connectivity index (χ1) is 15.4. The van der Waals surface area contributed by atoms with E-state index < -0.39 is 0 Å². The molecule has 2 N–H and O–H groups in total. The number of rotatable bonds is 7. The van der Waals surface area contributed by atoms with Gasteiger partial charge in [0.25, 0.3) is 0 Å². The zero-order chi connectivity index (χ0) is 22.5. The number of fused-ring (bicyclic) bond motifs is 2. The molecule has 3 aromatic rings. The number of imidazole rings is 1. The number of aromatic nitrogens is 4. The summed E-state index contributed by atoms with van der Waals surface area (Å²) in [6.07, 6.45) is 8.28. The molecule has 0 amide bonds. The molecule has 7 nitrogen and oxygen atoms in total. The monoisotopic (exact) mass is 433 g/mol. The molecule has 1 saturated carbocycles. The Kier molecular flexibility index (Phi) is 5.07. The number of hydrogen-bond acceptors (Lipinski definition) is 6. The van der Waals surface area contributed by atoms with Gasteiger partial charge in [0.15, 0.2) is 17.0 Å². The minimum Gasteiger partial charge on any atom is -0.497 e. The maximum Gasteiger partial charge on any atom is 0.165 e. The molecule has 7 heteroatoms. The average molecular weight is 434 g/mol. The lowest BCUT2D eigenvalue weighted by Crippen LogP contribution is -2.40. The molecule has 32 heavy (non-hydrogen) atoms. The number of methoxy groups -OCH3 is 2. The normalized spacial score (nSPS) is 21.2. The van der Waals surface area contributed by atoms with Crippen molar-refractivity contribution in [1.82, 2.24) is 19.5 Å². The van der Waals surface area contributed by atoms with E-state index >= 15 is 0 Å². The summed E-state index contributed by atoms with van der Waals surface area (Å²) in [6.45, 7) is 5.56. The molecule has 1 aromatic carbocycles. The molecule has 0 atom stereocenters. The zero-order valence-electron chi connectivity index (χ0n) is 19.3. The van der Waals surface area contributed by atoms with Crippen molar-refractivity contribution in [3.8, 4) is 11.5 Å². The van der Waals surface area contributed by atoms with Gasteiger partial charge < -0.3 is 19.8 Å². The van der Waals surface area contributed by atoms with Crippen LogP contribution in [0.4, 0.5) is 5.82 Å². The minimum absolute atomic E-state index is 0.296. The molecule has 0 radical (unpaired) electrons. The highest BCUT2D eigenvalue weighted by atomic mass is 16.5. The Morgan fingerprint density at radius 2 is 1.97 bits per heavy atom. The van der Waals surface area contributed by atoms with E-state index in [0.717, 1.165) is 53.3 Å². The van der Waals surface area contributed by atoms with Crippen molar-refractivity contribution >= 4 is 17.0 Å². The number of allylic oxidation sites excluding steroid dienone is 2. The quantitative estimate of drug-likeness (QED) is 0.556. The number of hydrogen-bond donors (Lipinski definition) is 1. The molecule has 0 saturated heterocycles. The molecule has 2 bridgehead atoms. The van der Waals surface area contributed by atoms with Crippen molar-refractivity contribution in [2.24, 2.45) is 17.3 Å².